The van der Waals surface area contributed by atoms with Crippen LogP contribution in [0.2, 0.25) is 0 Å². The van der Waals surface area contributed by atoms with E-state index in [1.54, 1.807) is 0 Å². The van der Waals surface area contributed by atoms with E-state index in [9.17, 15) is 43.2 Å². The fourth-order valence-electron chi connectivity index (χ4n) is 9.37. The number of carbonyl (C=O) groups is 4. The quantitative estimate of drug-likeness (QED) is 0.0222. The van der Waals surface area contributed by atoms with Gasteiger partial charge in [-0.15, -0.1) is 0 Å². The van der Waals surface area contributed by atoms with Gasteiger partial charge in [-0.05, 0) is 31.6 Å². The Morgan fingerprint density at radius 3 is 0.866 bits per heavy atom. The Labute approximate surface area is 498 Å². The van der Waals surface area contributed by atoms with E-state index >= 15 is 0 Å². The van der Waals surface area contributed by atoms with Crippen LogP contribution >= 0.6 is 15.6 Å². The van der Waals surface area contributed by atoms with E-state index in [0.717, 1.165) is 115 Å². The van der Waals surface area contributed by atoms with E-state index in [4.69, 9.17) is 37.0 Å². The summed E-state index contributed by atoms with van der Waals surface area (Å²) in [6.45, 7) is 7.06. The van der Waals surface area contributed by atoms with Crippen molar-refractivity contribution in [1.82, 2.24) is 0 Å². The Bertz CT molecular complexity index is 1600. The predicted molar refractivity (Wildman–Crippen MR) is 326 cm³/mol. The van der Waals surface area contributed by atoms with Crippen molar-refractivity contribution in [3.05, 3.63) is 0 Å². The summed E-state index contributed by atoms with van der Waals surface area (Å²) in [6.07, 6.45) is 40.9. The van der Waals surface area contributed by atoms with E-state index in [0.29, 0.717) is 25.7 Å². The molecule has 0 aliphatic heterocycles. The lowest BCUT2D eigenvalue weighted by molar-refractivity contribution is -0.161. The lowest BCUT2D eigenvalue weighted by Gasteiger charge is -2.21. The maximum absolute atomic E-state index is 13.0. The number of phosphoric ester groups is 2. The van der Waals surface area contributed by atoms with Crippen molar-refractivity contribution < 1.29 is 80.2 Å². The molecule has 0 heterocycles. The van der Waals surface area contributed by atoms with Crippen LogP contribution in [0.3, 0.4) is 0 Å². The molecule has 3 unspecified atom stereocenters. The highest BCUT2D eigenvalue weighted by Crippen LogP contribution is 2.45. The van der Waals surface area contributed by atoms with E-state index in [2.05, 4.69) is 34.6 Å². The molecule has 486 valence electrons. The first-order valence-corrected chi connectivity index (χ1v) is 36.2. The first-order chi connectivity index (χ1) is 39.6. The van der Waals surface area contributed by atoms with Crippen molar-refractivity contribution in [2.24, 2.45) is 5.92 Å². The first kappa shape index (κ1) is 80.1. The SMILES string of the molecule is CCCCCCCCCCCCCCCCCCCCC(=O)O[C@H](COC(=O)CCCCCCCCCCC(C)CC)COP(=O)(O)OC[C@@H](O)COP(=O)(O)OC[C@@H](COC(=O)CCCCCCC)OC(=O)CCCCCCCCC. The lowest BCUT2D eigenvalue weighted by atomic mass is 9.99. The van der Waals surface area contributed by atoms with Gasteiger partial charge in [-0.3, -0.25) is 37.3 Å². The third kappa shape index (κ3) is 55.9. The number of rotatable bonds is 63. The van der Waals surface area contributed by atoms with Crippen LogP contribution in [0.5, 0.6) is 0 Å². The van der Waals surface area contributed by atoms with Crippen LogP contribution in [0.25, 0.3) is 0 Å². The summed E-state index contributed by atoms with van der Waals surface area (Å²) in [5.41, 5.74) is 0. The summed E-state index contributed by atoms with van der Waals surface area (Å²) in [7, 11) is -9.87. The van der Waals surface area contributed by atoms with Crippen LogP contribution in [0, 0.1) is 5.92 Å². The van der Waals surface area contributed by atoms with Crippen molar-refractivity contribution in [2.75, 3.05) is 39.6 Å². The second-order valence-corrected chi connectivity index (χ2v) is 25.9. The monoisotopic (exact) mass is 1210 g/mol. The Kier molecular flexibility index (Phi) is 55.5. The molecule has 0 saturated carbocycles. The van der Waals surface area contributed by atoms with Crippen LogP contribution in [-0.4, -0.2) is 96.7 Å². The molecule has 0 saturated heterocycles. The number of hydrogen-bond acceptors (Lipinski definition) is 15. The molecule has 0 radical (unpaired) electrons. The Morgan fingerprint density at radius 2 is 0.585 bits per heavy atom. The number of aliphatic hydroxyl groups excluding tert-OH is 1. The van der Waals surface area contributed by atoms with E-state index in [1.165, 1.54) is 122 Å². The molecule has 0 aliphatic rings. The minimum atomic E-state index is -4.94. The van der Waals surface area contributed by atoms with Gasteiger partial charge in [0.05, 0.1) is 26.4 Å². The summed E-state index contributed by atoms with van der Waals surface area (Å²) in [6, 6.07) is 0. The summed E-state index contributed by atoms with van der Waals surface area (Å²) >= 11 is 0. The number of unbranched alkanes of at least 4 members (excludes halogenated alkanes) is 34. The average Bonchev–Trinajstić information content (AvgIpc) is 3.46. The summed E-state index contributed by atoms with van der Waals surface area (Å²) in [4.78, 5) is 71.8. The number of carbonyl (C=O) groups excluding carboxylic acids is 4. The molecule has 19 heteroatoms. The minimum Gasteiger partial charge on any atom is -0.462 e. The molecule has 6 atom stereocenters. The lowest BCUT2D eigenvalue weighted by Crippen LogP contribution is -2.30. The topological polar surface area (TPSA) is 237 Å². The van der Waals surface area contributed by atoms with Gasteiger partial charge in [-0.25, -0.2) is 9.13 Å². The van der Waals surface area contributed by atoms with Gasteiger partial charge in [0.25, 0.3) is 0 Å². The van der Waals surface area contributed by atoms with Crippen molar-refractivity contribution >= 4 is 39.5 Å². The van der Waals surface area contributed by atoms with Crippen LogP contribution in [0.15, 0.2) is 0 Å². The second-order valence-electron chi connectivity index (χ2n) is 23.0. The van der Waals surface area contributed by atoms with Crippen molar-refractivity contribution in [1.29, 1.82) is 0 Å². The predicted octanol–water partition coefficient (Wildman–Crippen LogP) is 17.4. The maximum atomic E-state index is 13.0. The van der Waals surface area contributed by atoms with Gasteiger partial charge in [0.2, 0.25) is 0 Å². The molecule has 0 fully saturated rings. The number of ether oxygens (including phenoxy) is 4. The smallest absolute Gasteiger partial charge is 0.462 e. The van der Waals surface area contributed by atoms with E-state index < -0.39 is 97.5 Å². The zero-order valence-corrected chi connectivity index (χ0v) is 54.4. The zero-order chi connectivity index (χ0) is 60.6. The van der Waals surface area contributed by atoms with Gasteiger partial charge < -0.3 is 33.8 Å². The van der Waals surface area contributed by atoms with Gasteiger partial charge in [0, 0.05) is 25.7 Å². The summed E-state index contributed by atoms with van der Waals surface area (Å²) in [5.74, 6) is -1.37. The molecule has 3 N–H and O–H groups in total. The number of aliphatic hydroxyl groups is 1. The zero-order valence-electron chi connectivity index (χ0n) is 52.6. The molecule has 0 amide bonds. The Hall–Kier alpha value is -1.94. The van der Waals surface area contributed by atoms with Crippen LogP contribution < -0.4 is 0 Å². The number of esters is 4. The molecule has 17 nitrogen and oxygen atoms in total. The maximum Gasteiger partial charge on any atom is 0.472 e. The highest BCUT2D eigenvalue weighted by atomic mass is 31.2. The largest absolute Gasteiger partial charge is 0.472 e. The molecule has 0 bridgehead atoms. The molecule has 0 rings (SSSR count). The van der Waals surface area contributed by atoms with Gasteiger partial charge in [0.15, 0.2) is 12.2 Å². The molecule has 0 aromatic heterocycles. The van der Waals surface area contributed by atoms with Crippen LogP contribution in [0.4, 0.5) is 0 Å². The highest BCUT2D eigenvalue weighted by molar-refractivity contribution is 7.47. The molecular weight excluding hydrogens is 1090 g/mol. The standard InChI is InChI=1S/C63H122O17P2/c1-6-10-13-16-18-19-20-21-22-23-24-25-26-27-28-34-39-44-49-63(68)80-59(53-74-61(66)47-42-37-33-30-29-32-36-40-45-56(5)9-4)55-78-82(71,72)76-51-57(64)50-75-81(69,70)77-54-58(52-73-60(65)46-41-35-15-12-8-3)79-62(67)48-43-38-31-17-14-11-7-2/h56-59,64H,6-55H2,1-5H3,(H,69,70)(H,71,72)/t56?,57-,58+,59+/m0/s1. The summed E-state index contributed by atoms with van der Waals surface area (Å²) < 4.78 is 67.7. The van der Waals surface area contributed by atoms with Gasteiger partial charge in [-0.1, -0.05) is 266 Å². The first-order valence-electron chi connectivity index (χ1n) is 33.2. The van der Waals surface area contributed by atoms with Gasteiger partial charge >= 0.3 is 39.5 Å². The van der Waals surface area contributed by atoms with Crippen LogP contribution in [0.1, 0.15) is 317 Å². The molecule has 0 aliphatic carbocycles. The van der Waals surface area contributed by atoms with Crippen molar-refractivity contribution in [3.8, 4) is 0 Å². The molecular formula is C63H122O17P2. The van der Waals surface area contributed by atoms with Crippen molar-refractivity contribution in [2.45, 2.75) is 335 Å². The van der Waals surface area contributed by atoms with Gasteiger partial charge in [0.1, 0.15) is 19.3 Å². The molecule has 0 aromatic carbocycles. The fourth-order valence-corrected chi connectivity index (χ4v) is 11.0. The molecule has 0 aromatic rings. The fraction of sp³-hybridized carbons (Fsp3) is 0.937. The summed E-state index contributed by atoms with van der Waals surface area (Å²) in [5, 5.41) is 10.5. The second kappa shape index (κ2) is 56.8. The minimum absolute atomic E-state index is 0.103. The molecule has 82 heavy (non-hydrogen) atoms. The Morgan fingerprint density at radius 1 is 0.341 bits per heavy atom. The number of phosphoric acid groups is 2. The highest BCUT2D eigenvalue weighted by Gasteiger charge is 2.30. The van der Waals surface area contributed by atoms with E-state index in [1.807, 2.05) is 0 Å². The van der Waals surface area contributed by atoms with Crippen molar-refractivity contribution in [3.63, 3.8) is 0 Å². The third-order valence-corrected chi connectivity index (χ3v) is 16.8. The Balaban J connectivity index is 5.12. The normalized spacial score (nSPS) is 14.6. The van der Waals surface area contributed by atoms with E-state index in [-0.39, 0.29) is 25.7 Å². The third-order valence-electron chi connectivity index (χ3n) is 14.9. The number of hydrogen-bond donors (Lipinski definition) is 3. The van der Waals surface area contributed by atoms with Crippen LogP contribution in [-0.2, 0) is 65.4 Å². The van der Waals surface area contributed by atoms with Gasteiger partial charge in [-0.2, -0.15) is 0 Å². The molecule has 0 spiro atoms. The average molecular weight is 1210 g/mol.